The van der Waals surface area contributed by atoms with Gasteiger partial charge >= 0.3 is 0 Å². The first kappa shape index (κ1) is 12.6. The number of rotatable bonds is 5. The molecule has 3 rings (SSSR count). The number of fused-ring (bicyclic) bond motifs is 2. The van der Waals surface area contributed by atoms with Gasteiger partial charge in [-0.1, -0.05) is 0 Å². The van der Waals surface area contributed by atoms with Gasteiger partial charge in [-0.2, -0.15) is 5.10 Å². The molecule has 2 unspecified atom stereocenters. The van der Waals surface area contributed by atoms with Crippen LogP contribution >= 0.6 is 0 Å². The second-order valence-corrected chi connectivity index (χ2v) is 5.71. The van der Waals surface area contributed by atoms with E-state index in [9.17, 15) is 4.79 Å². The molecule has 0 spiro atoms. The van der Waals surface area contributed by atoms with Crippen molar-refractivity contribution in [2.24, 2.45) is 5.92 Å². The zero-order chi connectivity index (χ0) is 13.1. The molecule has 0 aliphatic carbocycles. The van der Waals surface area contributed by atoms with Gasteiger partial charge in [0.15, 0.2) is 0 Å². The van der Waals surface area contributed by atoms with Gasteiger partial charge in [0, 0.05) is 31.5 Å². The van der Waals surface area contributed by atoms with Crippen molar-refractivity contribution < 1.29 is 4.79 Å². The Hall–Kier alpha value is -1.43. The fraction of sp³-hybridized carbons (Fsp3) is 0.769. The summed E-state index contributed by atoms with van der Waals surface area (Å²) in [6.45, 7) is 0.631. The topological polar surface area (TPSA) is 82.7 Å². The van der Waals surface area contributed by atoms with Crippen LogP contribution in [0.4, 0.5) is 0 Å². The maximum absolute atomic E-state index is 11.9. The molecule has 3 N–H and O–H groups in total. The van der Waals surface area contributed by atoms with E-state index >= 15 is 0 Å². The normalized spacial score (nSPS) is 29.4. The van der Waals surface area contributed by atoms with Gasteiger partial charge in [0.2, 0.25) is 5.91 Å². The molecule has 0 aromatic carbocycles. The van der Waals surface area contributed by atoms with Gasteiger partial charge in [0.25, 0.3) is 0 Å². The maximum atomic E-state index is 11.9. The van der Waals surface area contributed by atoms with E-state index in [4.69, 9.17) is 0 Å². The van der Waals surface area contributed by atoms with Crippen LogP contribution in [0.2, 0.25) is 0 Å². The summed E-state index contributed by atoms with van der Waals surface area (Å²) < 4.78 is 0. The number of piperidine rings is 1. The van der Waals surface area contributed by atoms with Crippen LogP contribution in [-0.2, 0) is 11.2 Å². The average molecular weight is 263 g/mol. The fourth-order valence-electron chi connectivity index (χ4n) is 3.35. The number of amides is 1. The van der Waals surface area contributed by atoms with Crippen molar-refractivity contribution in [1.82, 2.24) is 25.8 Å². The molecule has 1 amide bonds. The molecule has 3 heterocycles. The van der Waals surface area contributed by atoms with E-state index in [-0.39, 0.29) is 5.91 Å². The van der Waals surface area contributed by atoms with E-state index in [0.29, 0.717) is 37.4 Å². The van der Waals surface area contributed by atoms with E-state index in [0.717, 1.165) is 18.7 Å². The van der Waals surface area contributed by atoms with Crippen LogP contribution in [0.1, 0.15) is 37.9 Å². The van der Waals surface area contributed by atoms with Crippen LogP contribution in [0.15, 0.2) is 6.33 Å². The molecule has 104 valence electrons. The van der Waals surface area contributed by atoms with Crippen LogP contribution in [0.5, 0.6) is 0 Å². The third-order valence-corrected chi connectivity index (χ3v) is 4.19. The van der Waals surface area contributed by atoms with Crippen molar-refractivity contribution in [1.29, 1.82) is 0 Å². The number of H-pyrrole nitrogens is 1. The predicted molar refractivity (Wildman–Crippen MR) is 70.4 cm³/mol. The molecular weight excluding hydrogens is 242 g/mol. The first-order chi connectivity index (χ1) is 9.29. The zero-order valence-corrected chi connectivity index (χ0v) is 11.1. The summed E-state index contributed by atoms with van der Waals surface area (Å²) in [6, 6.07) is 1.32. The number of aromatic amines is 1. The van der Waals surface area contributed by atoms with Crippen LogP contribution in [-0.4, -0.2) is 39.7 Å². The number of carbonyl (C=O) groups is 1. The average Bonchev–Trinajstić information content (AvgIpc) is 2.99. The highest BCUT2D eigenvalue weighted by Gasteiger charge is 2.33. The summed E-state index contributed by atoms with van der Waals surface area (Å²) in [4.78, 5) is 15.9. The monoisotopic (exact) mass is 263 g/mol. The number of hydrogen-bond donors (Lipinski definition) is 3. The van der Waals surface area contributed by atoms with Crippen molar-refractivity contribution in [2.45, 2.75) is 50.6 Å². The lowest BCUT2D eigenvalue weighted by molar-refractivity contribution is -0.122. The number of carbonyl (C=O) groups excluding carboxylic acids is 1. The summed E-state index contributed by atoms with van der Waals surface area (Å²) in [7, 11) is 0. The second kappa shape index (κ2) is 5.69. The SMILES string of the molecule is O=C(CC1CC2CCC(C1)N2)NCCc1ncn[nH]1. The van der Waals surface area contributed by atoms with E-state index in [1.54, 1.807) is 0 Å². The van der Waals surface area contributed by atoms with Crippen LogP contribution in [0.3, 0.4) is 0 Å². The summed E-state index contributed by atoms with van der Waals surface area (Å²) in [6.07, 6.45) is 7.76. The molecule has 2 bridgehead atoms. The number of nitrogens with zero attached hydrogens (tertiary/aromatic N) is 2. The first-order valence-electron chi connectivity index (χ1n) is 7.16. The third-order valence-electron chi connectivity index (χ3n) is 4.19. The van der Waals surface area contributed by atoms with Crippen LogP contribution in [0.25, 0.3) is 0 Å². The van der Waals surface area contributed by atoms with Gasteiger partial charge in [-0.05, 0) is 31.6 Å². The lowest BCUT2D eigenvalue weighted by Crippen LogP contribution is -2.39. The highest BCUT2D eigenvalue weighted by Crippen LogP contribution is 2.32. The van der Waals surface area contributed by atoms with Gasteiger partial charge in [-0.15, -0.1) is 0 Å². The Balaban J connectivity index is 1.37. The quantitative estimate of drug-likeness (QED) is 0.717. The van der Waals surface area contributed by atoms with Gasteiger partial charge < -0.3 is 10.6 Å². The Morgan fingerprint density at radius 3 is 2.84 bits per heavy atom. The molecule has 19 heavy (non-hydrogen) atoms. The minimum Gasteiger partial charge on any atom is -0.356 e. The van der Waals surface area contributed by atoms with Crippen LogP contribution < -0.4 is 10.6 Å². The molecule has 2 aliphatic rings. The molecule has 2 fully saturated rings. The Morgan fingerprint density at radius 1 is 1.37 bits per heavy atom. The first-order valence-corrected chi connectivity index (χ1v) is 7.16. The molecule has 1 aromatic heterocycles. The molecule has 0 radical (unpaired) electrons. The molecule has 2 atom stereocenters. The summed E-state index contributed by atoms with van der Waals surface area (Å²) in [5.74, 6) is 1.55. The summed E-state index contributed by atoms with van der Waals surface area (Å²) in [5.41, 5.74) is 0. The maximum Gasteiger partial charge on any atom is 0.220 e. The summed E-state index contributed by atoms with van der Waals surface area (Å²) >= 11 is 0. The molecule has 6 heteroatoms. The highest BCUT2D eigenvalue weighted by atomic mass is 16.1. The second-order valence-electron chi connectivity index (χ2n) is 5.71. The van der Waals surface area contributed by atoms with Gasteiger partial charge in [-0.3, -0.25) is 9.89 Å². The summed E-state index contributed by atoms with van der Waals surface area (Å²) in [5, 5.41) is 13.1. The highest BCUT2D eigenvalue weighted by molar-refractivity contribution is 5.76. The number of nitrogens with one attached hydrogen (secondary N) is 3. The van der Waals surface area contributed by atoms with E-state index in [1.165, 1.54) is 19.2 Å². The van der Waals surface area contributed by atoms with E-state index in [2.05, 4.69) is 25.8 Å². The predicted octanol–water partition coefficient (Wildman–Crippen LogP) is 0.384. The van der Waals surface area contributed by atoms with Gasteiger partial charge in [0.1, 0.15) is 12.2 Å². The minimum atomic E-state index is 0.172. The molecule has 2 aliphatic heterocycles. The smallest absolute Gasteiger partial charge is 0.220 e. The Labute approximate surface area is 112 Å². The van der Waals surface area contributed by atoms with Crippen molar-refractivity contribution in [3.05, 3.63) is 12.2 Å². The largest absolute Gasteiger partial charge is 0.356 e. The van der Waals surface area contributed by atoms with Crippen molar-refractivity contribution in [3.8, 4) is 0 Å². The Kier molecular flexibility index (Phi) is 3.77. The van der Waals surface area contributed by atoms with Gasteiger partial charge in [0.05, 0.1) is 0 Å². The molecule has 2 saturated heterocycles. The third kappa shape index (κ3) is 3.32. The lowest BCUT2D eigenvalue weighted by Gasteiger charge is -2.28. The number of hydrogen-bond acceptors (Lipinski definition) is 4. The van der Waals surface area contributed by atoms with E-state index in [1.807, 2.05) is 0 Å². The van der Waals surface area contributed by atoms with Crippen molar-refractivity contribution in [2.75, 3.05) is 6.54 Å². The molecule has 1 aromatic rings. The fourth-order valence-corrected chi connectivity index (χ4v) is 3.35. The lowest BCUT2D eigenvalue weighted by atomic mass is 9.89. The minimum absolute atomic E-state index is 0.172. The molecule has 6 nitrogen and oxygen atoms in total. The Morgan fingerprint density at radius 2 is 2.16 bits per heavy atom. The van der Waals surface area contributed by atoms with Crippen LogP contribution in [0, 0.1) is 5.92 Å². The standard InChI is InChI=1S/C13H21N5O/c19-13(14-4-3-12-15-8-16-18-12)7-9-5-10-1-2-11(6-9)17-10/h8-11,17H,1-7H2,(H,14,19)(H,15,16,18). The zero-order valence-electron chi connectivity index (χ0n) is 11.1. The van der Waals surface area contributed by atoms with Gasteiger partial charge in [-0.25, -0.2) is 4.98 Å². The number of aromatic nitrogens is 3. The molecular formula is C13H21N5O. The van der Waals surface area contributed by atoms with Crippen molar-refractivity contribution in [3.63, 3.8) is 0 Å². The Bertz CT molecular complexity index is 407. The van der Waals surface area contributed by atoms with E-state index < -0.39 is 0 Å². The molecule has 0 saturated carbocycles. The van der Waals surface area contributed by atoms with Crippen molar-refractivity contribution >= 4 is 5.91 Å².